The van der Waals surface area contributed by atoms with E-state index in [2.05, 4.69) is 6.58 Å². The van der Waals surface area contributed by atoms with Gasteiger partial charge in [0.05, 0.1) is 19.3 Å². The first-order chi connectivity index (χ1) is 5.22. The first-order valence-electron chi connectivity index (χ1n) is 3.70. The number of hydrogen-bond donors (Lipinski definition) is 2. The molecular formula is C8H16O3. The summed E-state index contributed by atoms with van der Waals surface area (Å²) in [5.41, 5.74) is 0. The van der Waals surface area contributed by atoms with E-state index in [0.717, 1.165) is 0 Å². The van der Waals surface area contributed by atoms with Gasteiger partial charge in [0, 0.05) is 12.5 Å². The van der Waals surface area contributed by atoms with Gasteiger partial charge < -0.3 is 14.9 Å². The van der Waals surface area contributed by atoms with E-state index in [1.54, 1.807) is 13.0 Å². The van der Waals surface area contributed by atoms with Crippen molar-refractivity contribution in [3.8, 4) is 0 Å². The Labute approximate surface area is 67.3 Å². The second-order valence-electron chi connectivity index (χ2n) is 2.55. The van der Waals surface area contributed by atoms with Crippen molar-refractivity contribution in [2.45, 2.75) is 13.0 Å². The lowest BCUT2D eigenvalue weighted by molar-refractivity contribution is 0.00286. The number of rotatable bonds is 6. The molecule has 66 valence electrons. The van der Waals surface area contributed by atoms with Crippen LogP contribution in [0.1, 0.15) is 6.92 Å². The van der Waals surface area contributed by atoms with Crippen molar-refractivity contribution in [2.75, 3.05) is 19.8 Å². The summed E-state index contributed by atoms with van der Waals surface area (Å²) in [7, 11) is 0. The highest BCUT2D eigenvalue weighted by atomic mass is 16.5. The van der Waals surface area contributed by atoms with Gasteiger partial charge in [0.1, 0.15) is 0 Å². The molecule has 2 atom stereocenters. The molecule has 0 saturated carbocycles. The molecule has 0 aliphatic heterocycles. The second-order valence-corrected chi connectivity index (χ2v) is 2.55. The highest BCUT2D eigenvalue weighted by Crippen LogP contribution is 2.01. The summed E-state index contributed by atoms with van der Waals surface area (Å²) in [5, 5.41) is 17.9. The number of ether oxygens (including phenoxy) is 1. The quantitative estimate of drug-likeness (QED) is 0.430. The van der Waals surface area contributed by atoms with Crippen LogP contribution in [-0.4, -0.2) is 36.1 Å². The van der Waals surface area contributed by atoms with Gasteiger partial charge in [0.15, 0.2) is 0 Å². The summed E-state index contributed by atoms with van der Waals surface area (Å²) in [4.78, 5) is 0. The van der Waals surface area contributed by atoms with Gasteiger partial charge in [-0.05, 0) is 0 Å². The van der Waals surface area contributed by atoms with Gasteiger partial charge in [-0.15, -0.1) is 6.58 Å². The van der Waals surface area contributed by atoms with E-state index in [1.165, 1.54) is 0 Å². The number of aliphatic hydroxyl groups is 2. The van der Waals surface area contributed by atoms with Crippen LogP contribution in [0, 0.1) is 5.92 Å². The van der Waals surface area contributed by atoms with Crippen LogP contribution >= 0.6 is 0 Å². The molecule has 0 aromatic heterocycles. The van der Waals surface area contributed by atoms with Crippen molar-refractivity contribution >= 4 is 0 Å². The lowest BCUT2D eigenvalue weighted by Crippen LogP contribution is -2.26. The zero-order valence-corrected chi connectivity index (χ0v) is 6.86. The standard InChI is InChI=1S/C8H16O3/c1-3-4-11-6-8(10)7(2)5-9/h3,7-10H,1,4-6H2,2H3. The Kier molecular flexibility index (Phi) is 6.12. The zero-order chi connectivity index (χ0) is 8.69. The van der Waals surface area contributed by atoms with Crippen LogP contribution in [0.2, 0.25) is 0 Å². The molecule has 0 spiro atoms. The fraction of sp³-hybridized carbons (Fsp3) is 0.750. The predicted molar refractivity (Wildman–Crippen MR) is 43.3 cm³/mol. The highest BCUT2D eigenvalue weighted by Gasteiger charge is 2.12. The van der Waals surface area contributed by atoms with E-state index in [-0.39, 0.29) is 19.1 Å². The lowest BCUT2D eigenvalue weighted by Gasteiger charge is -2.15. The summed E-state index contributed by atoms with van der Waals surface area (Å²) in [5.74, 6) is -0.125. The van der Waals surface area contributed by atoms with E-state index in [0.29, 0.717) is 6.61 Å². The van der Waals surface area contributed by atoms with Gasteiger partial charge in [-0.1, -0.05) is 13.0 Å². The Balaban J connectivity index is 3.34. The van der Waals surface area contributed by atoms with E-state index in [4.69, 9.17) is 9.84 Å². The molecule has 0 aromatic carbocycles. The average Bonchev–Trinajstić information content (AvgIpc) is 2.03. The Hall–Kier alpha value is -0.380. The molecule has 3 heteroatoms. The van der Waals surface area contributed by atoms with Gasteiger partial charge in [0.2, 0.25) is 0 Å². The molecule has 0 amide bonds. The van der Waals surface area contributed by atoms with Crippen LogP contribution in [0.5, 0.6) is 0 Å². The van der Waals surface area contributed by atoms with Crippen LogP contribution in [0.4, 0.5) is 0 Å². The van der Waals surface area contributed by atoms with E-state index in [9.17, 15) is 5.11 Å². The predicted octanol–water partition coefficient (Wildman–Crippen LogP) is 0.178. The molecule has 0 aliphatic carbocycles. The maximum Gasteiger partial charge on any atom is 0.0821 e. The van der Waals surface area contributed by atoms with Crippen molar-refractivity contribution in [1.82, 2.24) is 0 Å². The topological polar surface area (TPSA) is 49.7 Å². The number of hydrogen-bond acceptors (Lipinski definition) is 3. The lowest BCUT2D eigenvalue weighted by atomic mass is 10.1. The number of aliphatic hydroxyl groups excluding tert-OH is 2. The monoisotopic (exact) mass is 160 g/mol. The Morgan fingerprint density at radius 3 is 2.73 bits per heavy atom. The van der Waals surface area contributed by atoms with Crippen molar-refractivity contribution in [3.63, 3.8) is 0 Å². The van der Waals surface area contributed by atoms with Crippen molar-refractivity contribution in [3.05, 3.63) is 12.7 Å². The van der Waals surface area contributed by atoms with Gasteiger partial charge in [-0.3, -0.25) is 0 Å². The van der Waals surface area contributed by atoms with Gasteiger partial charge in [-0.2, -0.15) is 0 Å². The summed E-state index contributed by atoms with van der Waals surface area (Å²) in [6.07, 6.45) is 1.04. The fourth-order valence-electron chi connectivity index (χ4n) is 0.558. The molecule has 0 bridgehead atoms. The van der Waals surface area contributed by atoms with Crippen LogP contribution in [0.15, 0.2) is 12.7 Å². The Morgan fingerprint density at radius 1 is 1.64 bits per heavy atom. The normalized spacial score (nSPS) is 15.9. The first kappa shape index (κ1) is 10.6. The van der Waals surface area contributed by atoms with Crippen LogP contribution in [-0.2, 0) is 4.74 Å². The largest absolute Gasteiger partial charge is 0.396 e. The molecule has 0 radical (unpaired) electrons. The highest BCUT2D eigenvalue weighted by molar-refractivity contribution is 4.66. The van der Waals surface area contributed by atoms with E-state index >= 15 is 0 Å². The SMILES string of the molecule is C=CCOCC(O)C(C)CO. The minimum atomic E-state index is -0.583. The van der Waals surface area contributed by atoms with Gasteiger partial charge >= 0.3 is 0 Å². The average molecular weight is 160 g/mol. The van der Waals surface area contributed by atoms with Gasteiger partial charge in [0.25, 0.3) is 0 Å². The third-order valence-corrected chi connectivity index (χ3v) is 1.47. The second kappa shape index (κ2) is 6.34. The molecule has 0 heterocycles. The Bertz CT molecular complexity index is 104. The molecule has 0 aromatic rings. The van der Waals surface area contributed by atoms with Crippen molar-refractivity contribution in [1.29, 1.82) is 0 Å². The summed E-state index contributed by atoms with van der Waals surface area (Å²) < 4.78 is 4.99. The van der Waals surface area contributed by atoms with Crippen LogP contribution in [0.3, 0.4) is 0 Å². The molecular weight excluding hydrogens is 144 g/mol. The summed E-state index contributed by atoms with van der Waals surface area (Å²) in [6.45, 7) is 5.91. The third kappa shape index (κ3) is 4.95. The Morgan fingerprint density at radius 2 is 2.27 bits per heavy atom. The molecule has 3 nitrogen and oxygen atoms in total. The summed E-state index contributed by atoms with van der Waals surface area (Å²) in [6, 6.07) is 0. The molecule has 0 fully saturated rings. The molecule has 11 heavy (non-hydrogen) atoms. The van der Waals surface area contributed by atoms with E-state index < -0.39 is 6.10 Å². The zero-order valence-electron chi connectivity index (χ0n) is 6.86. The van der Waals surface area contributed by atoms with Crippen LogP contribution < -0.4 is 0 Å². The summed E-state index contributed by atoms with van der Waals surface area (Å²) >= 11 is 0. The smallest absolute Gasteiger partial charge is 0.0821 e. The molecule has 2 N–H and O–H groups in total. The third-order valence-electron chi connectivity index (χ3n) is 1.47. The van der Waals surface area contributed by atoms with Crippen LogP contribution in [0.25, 0.3) is 0 Å². The minimum Gasteiger partial charge on any atom is -0.396 e. The molecule has 0 saturated heterocycles. The fourth-order valence-corrected chi connectivity index (χ4v) is 0.558. The van der Waals surface area contributed by atoms with Crippen molar-refractivity contribution < 1.29 is 14.9 Å². The maximum atomic E-state index is 9.23. The maximum absolute atomic E-state index is 9.23. The van der Waals surface area contributed by atoms with Gasteiger partial charge in [-0.25, -0.2) is 0 Å². The molecule has 2 unspecified atom stereocenters. The van der Waals surface area contributed by atoms with E-state index in [1.807, 2.05) is 0 Å². The molecule has 0 rings (SSSR count). The van der Waals surface area contributed by atoms with Crippen molar-refractivity contribution in [2.24, 2.45) is 5.92 Å². The first-order valence-corrected chi connectivity index (χ1v) is 3.70. The molecule has 0 aliphatic rings. The minimum absolute atomic E-state index is 0.0153.